The van der Waals surface area contributed by atoms with Crippen molar-refractivity contribution in [3.05, 3.63) is 53.5 Å². The highest BCUT2D eigenvalue weighted by molar-refractivity contribution is 7.20. The fourth-order valence-corrected chi connectivity index (χ4v) is 4.02. The third-order valence-corrected chi connectivity index (χ3v) is 5.70. The number of carbonyl (C=O) groups excluding carboxylic acids is 2. The second-order valence-corrected chi connectivity index (χ2v) is 7.46. The van der Waals surface area contributed by atoms with Gasteiger partial charge in [0, 0.05) is 31.9 Å². The molecule has 8 heteroatoms. The number of amides is 3. The zero-order valence-electron chi connectivity index (χ0n) is 15.4. The summed E-state index contributed by atoms with van der Waals surface area (Å²) in [5, 5.41) is 3.37. The van der Waals surface area contributed by atoms with Gasteiger partial charge in [-0.3, -0.25) is 4.79 Å². The molecule has 0 spiro atoms. The van der Waals surface area contributed by atoms with Crippen molar-refractivity contribution in [1.29, 1.82) is 0 Å². The van der Waals surface area contributed by atoms with E-state index in [1.165, 1.54) is 11.3 Å². The molecule has 1 aliphatic rings. The van der Waals surface area contributed by atoms with Crippen LogP contribution in [0.5, 0.6) is 5.75 Å². The summed E-state index contributed by atoms with van der Waals surface area (Å²) in [7, 11) is 1.60. The summed E-state index contributed by atoms with van der Waals surface area (Å²) >= 11 is 1.41. The van der Waals surface area contributed by atoms with Crippen molar-refractivity contribution in [1.82, 2.24) is 14.8 Å². The number of carbonyl (C=O) groups is 2. The number of para-hydroxylation sites is 1. The number of fused-ring (bicyclic) bond motifs is 1. The van der Waals surface area contributed by atoms with Gasteiger partial charge < -0.3 is 19.9 Å². The summed E-state index contributed by atoms with van der Waals surface area (Å²) < 4.78 is 6.12. The van der Waals surface area contributed by atoms with E-state index in [1.807, 2.05) is 24.3 Å². The zero-order valence-corrected chi connectivity index (χ0v) is 16.2. The molecule has 1 saturated heterocycles. The average molecular weight is 396 g/mol. The third-order valence-electron chi connectivity index (χ3n) is 4.67. The lowest BCUT2D eigenvalue weighted by Crippen LogP contribution is -2.51. The van der Waals surface area contributed by atoms with E-state index in [2.05, 4.69) is 10.3 Å². The molecule has 28 heavy (non-hydrogen) atoms. The van der Waals surface area contributed by atoms with Crippen LogP contribution in [-0.2, 0) is 0 Å². The molecule has 1 fully saturated rings. The van der Waals surface area contributed by atoms with Gasteiger partial charge in [-0.15, -0.1) is 11.3 Å². The summed E-state index contributed by atoms with van der Waals surface area (Å²) in [4.78, 5) is 33.1. The van der Waals surface area contributed by atoms with Crippen molar-refractivity contribution in [3.8, 4) is 5.75 Å². The Morgan fingerprint density at radius 1 is 1.00 bits per heavy atom. The van der Waals surface area contributed by atoms with E-state index in [4.69, 9.17) is 4.74 Å². The second kappa shape index (κ2) is 7.85. The van der Waals surface area contributed by atoms with Gasteiger partial charge in [-0.1, -0.05) is 12.1 Å². The molecule has 144 valence electrons. The first-order chi connectivity index (χ1) is 13.6. The molecule has 2 heterocycles. The molecule has 2 aromatic carbocycles. The normalized spacial score (nSPS) is 14.2. The van der Waals surface area contributed by atoms with Gasteiger partial charge in [0.05, 0.1) is 17.3 Å². The van der Waals surface area contributed by atoms with Crippen LogP contribution in [0.1, 0.15) is 9.80 Å². The molecule has 4 rings (SSSR count). The van der Waals surface area contributed by atoms with Crippen LogP contribution < -0.4 is 10.1 Å². The van der Waals surface area contributed by atoms with Crippen LogP contribution in [-0.4, -0.2) is 60.0 Å². The second-order valence-electron chi connectivity index (χ2n) is 6.42. The van der Waals surface area contributed by atoms with Crippen molar-refractivity contribution in [2.45, 2.75) is 0 Å². The Labute approximate surface area is 166 Å². The maximum Gasteiger partial charge on any atom is 0.321 e. The lowest BCUT2D eigenvalue weighted by Gasteiger charge is -2.34. The number of hydrogen-bond acceptors (Lipinski definition) is 5. The van der Waals surface area contributed by atoms with Crippen molar-refractivity contribution < 1.29 is 14.3 Å². The molecule has 1 aromatic heterocycles. The maximum absolute atomic E-state index is 12.7. The van der Waals surface area contributed by atoms with Crippen LogP contribution >= 0.6 is 11.3 Å². The van der Waals surface area contributed by atoms with Gasteiger partial charge in [0.1, 0.15) is 5.75 Å². The smallest absolute Gasteiger partial charge is 0.321 e. The number of ether oxygens (including phenoxy) is 1. The Hall–Kier alpha value is -3.13. The highest BCUT2D eigenvalue weighted by Gasteiger charge is 2.26. The number of rotatable bonds is 3. The monoisotopic (exact) mass is 396 g/mol. The van der Waals surface area contributed by atoms with E-state index in [0.717, 1.165) is 16.0 Å². The van der Waals surface area contributed by atoms with Crippen LogP contribution in [0.15, 0.2) is 48.5 Å². The van der Waals surface area contributed by atoms with E-state index in [1.54, 1.807) is 41.2 Å². The van der Waals surface area contributed by atoms with E-state index in [0.29, 0.717) is 36.9 Å². The minimum atomic E-state index is -0.169. The van der Waals surface area contributed by atoms with Crippen LogP contribution in [0.3, 0.4) is 0 Å². The molecule has 0 aliphatic carbocycles. The highest BCUT2D eigenvalue weighted by atomic mass is 32.1. The average Bonchev–Trinajstić information content (AvgIpc) is 3.18. The molecule has 0 radical (unpaired) electrons. The largest absolute Gasteiger partial charge is 0.497 e. The molecule has 0 atom stereocenters. The first kappa shape index (κ1) is 18.2. The van der Waals surface area contributed by atoms with Gasteiger partial charge in [0.2, 0.25) is 0 Å². The number of benzene rings is 2. The van der Waals surface area contributed by atoms with E-state index < -0.39 is 0 Å². The number of urea groups is 1. The summed E-state index contributed by atoms with van der Waals surface area (Å²) in [6.45, 7) is 1.95. The number of aromatic nitrogens is 1. The van der Waals surface area contributed by atoms with Crippen molar-refractivity contribution >= 4 is 39.2 Å². The number of methoxy groups -OCH3 is 1. The molecule has 0 unspecified atom stereocenters. The molecule has 3 aromatic rings. The first-order valence-electron chi connectivity index (χ1n) is 8.99. The molecule has 0 bridgehead atoms. The Balaban J connectivity index is 1.34. The number of thiazole rings is 1. The number of piperazine rings is 1. The van der Waals surface area contributed by atoms with Gasteiger partial charge in [0.25, 0.3) is 5.91 Å². The number of nitrogens with one attached hydrogen (secondary N) is 1. The Bertz CT molecular complexity index is 961. The number of anilines is 1. The van der Waals surface area contributed by atoms with Crippen molar-refractivity contribution in [3.63, 3.8) is 0 Å². The molecule has 0 saturated carbocycles. The standard InChI is InChI=1S/C20H20N4O3S/c1-27-15-8-6-14(7-9-15)21-20(26)24-12-10-23(11-13-24)19(25)18-22-16-4-2-3-5-17(16)28-18/h2-9H,10-13H2,1H3,(H,21,26). The molecule has 7 nitrogen and oxygen atoms in total. The number of hydrogen-bond donors (Lipinski definition) is 1. The molecule has 1 aliphatic heterocycles. The van der Waals surface area contributed by atoms with Crippen molar-refractivity contribution in [2.24, 2.45) is 0 Å². The number of nitrogens with zero attached hydrogens (tertiary/aromatic N) is 3. The van der Waals surface area contributed by atoms with Crippen LogP contribution in [0.25, 0.3) is 10.2 Å². The quantitative estimate of drug-likeness (QED) is 0.737. The SMILES string of the molecule is COc1ccc(NC(=O)N2CCN(C(=O)c3nc4ccccc4s3)CC2)cc1. The molecular formula is C20H20N4O3S. The molecular weight excluding hydrogens is 376 g/mol. The van der Waals surface area contributed by atoms with Gasteiger partial charge in [0.15, 0.2) is 5.01 Å². The van der Waals surface area contributed by atoms with Gasteiger partial charge >= 0.3 is 6.03 Å². The van der Waals surface area contributed by atoms with Gasteiger partial charge in [-0.05, 0) is 36.4 Å². The Morgan fingerprint density at radius 2 is 1.68 bits per heavy atom. The fraction of sp³-hybridized carbons (Fsp3) is 0.250. The zero-order chi connectivity index (χ0) is 19.5. The minimum Gasteiger partial charge on any atom is -0.497 e. The fourth-order valence-electron chi connectivity index (χ4n) is 3.09. The van der Waals surface area contributed by atoms with Crippen LogP contribution in [0.2, 0.25) is 0 Å². The summed E-state index contributed by atoms with van der Waals surface area (Å²) in [6.07, 6.45) is 0. The molecule has 1 N–H and O–H groups in total. The summed E-state index contributed by atoms with van der Waals surface area (Å²) in [5.41, 5.74) is 1.55. The first-order valence-corrected chi connectivity index (χ1v) is 9.80. The van der Waals surface area contributed by atoms with E-state index in [-0.39, 0.29) is 11.9 Å². The van der Waals surface area contributed by atoms with E-state index in [9.17, 15) is 9.59 Å². The Kier molecular flexibility index (Phi) is 5.12. The van der Waals surface area contributed by atoms with Crippen LogP contribution in [0, 0.1) is 0 Å². The molecule has 3 amide bonds. The minimum absolute atomic E-state index is 0.0728. The predicted octanol–water partition coefficient (Wildman–Crippen LogP) is 3.29. The third kappa shape index (κ3) is 3.77. The van der Waals surface area contributed by atoms with Gasteiger partial charge in [-0.2, -0.15) is 0 Å². The lowest BCUT2D eigenvalue weighted by molar-refractivity contribution is 0.0671. The topological polar surface area (TPSA) is 74.8 Å². The maximum atomic E-state index is 12.7. The van der Waals surface area contributed by atoms with Crippen molar-refractivity contribution in [2.75, 3.05) is 38.6 Å². The Morgan fingerprint density at radius 3 is 2.36 bits per heavy atom. The highest BCUT2D eigenvalue weighted by Crippen LogP contribution is 2.23. The predicted molar refractivity (Wildman–Crippen MR) is 109 cm³/mol. The van der Waals surface area contributed by atoms with Gasteiger partial charge in [-0.25, -0.2) is 9.78 Å². The lowest BCUT2D eigenvalue weighted by atomic mass is 10.3. The van der Waals surface area contributed by atoms with E-state index >= 15 is 0 Å². The summed E-state index contributed by atoms with van der Waals surface area (Å²) in [5.74, 6) is 0.663. The van der Waals surface area contributed by atoms with Crippen LogP contribution in [0.4, 0.5) is 10.5 Å². The summed E-state index contributed by atoms with van der Waals surface area (Å²) in [6, 6.07) is 14.7.